The van der Waals surface area contributed by atoms with Crippen molar-refractivity contribution in [2.24, 2.45) is 0 Å². The fraction of sp³-hybridized carbons (Fsp3) is 0.333. The molecule has 0 saturated heterocycles. The molecule has 1 N–H and O–H groups in total. The minimum atomic E-state index is -3.83. The quantitative estimate of drug-likeness (QED) is 0.654. The number of likely N-dealkylation sites (N-methyl/N-ethyl adjacent to an activating group) is 1. The van der Waals surface area contributed by atoms with Gasteiger partial charge in [-0.05, 0) is 43.7 Å². The van der Waals surface area contributed by atoms with Crippen molar-refractivity contribution in [3.05, 3.63) is 66.0 Å². The Morgan fingerprint density at radius 1 is 1.07 bits per heavy atom. The Labute approximate surface area is 176 Å². The first kappa shape index (κ1) is 23.3. The van der Waals surface area contributed by atoms with E-state index in [2.05, 4.69) is 5.32 Å². The number of hydrogen-bond acceptors (Lipinski definition) is 4. The van der Waals surface area contributed by atoms with Crippen molar-refractivity contribution in [2.45, 2.75) is 26.4 Å². The monoisotopic (exact) mass is 435 g/mol. The van der Waals surface area contributed by atoms with Gasteiger partial charge in [0, 0.05) is 13.1 Å². The van der Waals surface area contributed by atoms with Gasteiger partial charge in [0.05, 0.1) is 11.9 Å². The number of halogens is 1. The zero-order valence-corrected chi connectivity index (χ0v) is 18.0. The van der Waals surface area contributed by atoms with Gasteiger partial charge in [-0.25, -0.2) is 12.8 Å². The third kappa shape index (κ3) is 6.28. The molecular weight excluding hydrogens is 409 g/mol. The van der Waals surface area contributed by atoms with Gasteiger partial charge in [0.15, 0.2) is 0 Å². The highest BCUT2D eigenvalue weighted by Crippen LogP contribution is 2.19. The van der Waals surface area contributed by atoms with Crippen molar-refractivity contribution in [1.82, 2.24) is 10.2 Å². The van der Waals surface area contributed by atoms with E-state index in [9.17, 15) is 22.4 Å². The summed E-state index contributed by atoms with van der Waals surface area (Å²) in [5, 5.41) is 2.68. The van der Waals surface area contributed by atoms with Crippen LogP contribution in [-0.4, -0.2) is 50.5 Å². The first-order valence-electron chi connectivity index (χ1n) is 9.48. The predicted molar refractivity (Wildman–Crippen MR) is 114 cm³/mol. The first-order valence-corrected chi connectivity index (χ1v) is 11.3. The van der Waals surface area contributed by atoms with E-state index in [0.717, 1.165) is 28.3 Å². The zero-order chi connectivity index (χ0) is 22.3. The third-order valence-corrected chi connectivity index (χ3v) is 5.65. The van der Waals surface area contributed by atoms with Crippen LogP contribution in [0.15, 0.2) is 54.6 Å². The van der Waals surface area contributed by atoms with Crippen LogP contribution in [0.3, 0.4) is 0 Å². The molecule has 2 aromatic rings. The van der Waals surface area contributed by atoms with E-state index < -0.39 is 34.3 Å². The second kappa shape index (κ2) is 10.2. The van der Waals surface area contributed by atoms with Crippen molar-refractivity contribution in [3.8, 4) is 0 Å². The van der Waals surface area contributed by atoms with Gasteiger partial charge in [-0.3, -0.25) is 13.9 Å². The van der Waals surface area contributed by atoms with Crippen LogP contribution in [-0.2, 0) is 26.2 Å². The molecule has 1 atom stereocenters. The van der Waals surface area contributed by atoms with Crippen LogP contribution in [0.2, 0.25) is 0 Å². The molecule has 0 heterocycles. The fourth-order valence-corrected chi connectivity index (χ4v) is 3.76. The maximum atomic E-state index is 13.3. The van der Waals surface area contributed by atoms with Crippen LogP contribution in [0.1, 0.15) is 19.4 Å². The maximum Gasteiger partial charge on any atom is 0.244 e. The van der Waals surface area contributed by atoms with Crippen LogP contribution in [0, 0.1) is 5.82 Å². The molecule has 0 bridgehead atoms. The number of carbonyl (C=O) groups excluding carboxylic acids is 2. The second-order valence-corrected chi connectivity index (χ2v) is 8.73. The minimum Gasteiger partial charge on any atom is -0.355 e. The molecule has 0 aromatic heterocycles. The number of carbonyl (C=O) groups is 2. The molecule has 0 spiro atoms. The fourth-order valence-electron chi connectivity index (χ4n) is 2.91. The summed E-state index contributed by atoms with van der Waals surface area (Å²) >= 11 is 0. The Bertz CT molecular complexity index is 966. The van der Waals surface area contributed by atoms with Crippen molar-refractivity contribution >= 4 is 27.5 Å². The molecule has 0 aliphatic heterocycles. The molecule has 0 fully saturated rings. The summed E-state index contributed by atoms with van der Waals surface area (Å²) in [7, 11) is -3.83. The largest absolute Gasteiger partial charge is 0.355 e. The molecular formula is C21H26FN3O4S. The predicted octanol–water partition coefficient (Wildman–Crippen LogP) is 2.15. The standard InChI is InChI=1S/C21H26FN3O4S/c1-4-23-21(27)16(2)24(14-17-8-6-5-7-9-17)20(26)15-25(30(3,28)29)19-12-10-18(22)11-13-19/h5-13,16H,4,14-15H2,1-3H3,(H,23,27). The summed E-state index contributed by atoms with van der Waals surface area (Å²) in [5.41, 5.74) is 0.965. The number of benzene rings is 2. The lowest BCUT2D eigenvalue weighted by Crippen LogP contribution is -2.51. The number of sulfonamides is 1. The number of nitrogens with one attached hydrogen (secondary N) is 1. The number of hydrogen-bond donors (Lipinski definition) is 1. The number of nitrogens with zero attached hydrogens (tertiary/aromatic N) is 2. The topological polar surface area (TPSA) is 86.8 Å². The molecule has 0 radical (unpaired) electrons. The molecule has 1 unspecified atom stereocenters. The molecule has 0 aliphatic carbocycles. The van der Waals surface area contributed by atoms with Gasteiger partial charge in [0.1, 0.15) is 18.4 Å². The van der Waals surface area contributed by atoms with Gasteiger partial charge < -0.3 is 10.2 Å². The Morgan fingerprint density at radius 2 is 1.67 bits per heavy atom. The van der Waals surface area contributed by atoms with E-state index in [0.29, 0.717) is 6.54 Å². The van der Waals surface area contributed by atoms with Gasteiger partial charge in [-0.15, -0.1) is 0 Å². The number of amides is 2. The molecule has 0 aliphatic rings. The molecule has 9 heteroatoms. The Balaban J connectivity index is 2.34. The summed E-state index contributed by atoms with van der Waals surface area (Å²) < 4.78 is 38.8. The number of anilines is 1. The summed E-state index contributed by atoms with van der Waals surface area (Å²) in [6.45, 7) is 3.39. The highest BCUT2D eigenvalue weighted by Gasteiger charge is 2.29. The summed E-state index contributed by atoms with van der Waals surface area (Å²) in [4.78, 5) is 26.9. The molecule has 2 aromatic carbocycles. The van der Waals surface area contributed by atoms with E-state index in [1.54, 1.807) is 13.8 Å². The normalized spacial score (nSPS) is 12.1. The molecule has 162 valence electrons. The van der Waals surface area contributed by atoms with Crippen molar-refractivity contribution in [3.63, 3.8) is 0 Å². The van der Waals surface area contributed by atoms with Crippen LogP contribution in [0.4, 0.5) is 10.1 Å². The Hall–Kier alpha value is -2.94. The van der Waals surface area contributed by atoms with Crippen LogP contribution in [0.25, 0.3) is 0 Å². The molecule has 2 rings (SSSR count). The summed E-state index contributed by atoms with van der Waals surface area (Å²) in [5.74, 6) is -1.41. The van der Waals surface area contributed by atoms with Crippen molar-refractivity contribution < 1.29 is 22.4 Å². The SMILES string of the molecule is CCNC(=O)C(C)N(Cc1ccccc1)C(=O)CN(c1ccc(F)cc1)S(C)(=O)=O. The molecule has 2 amide bonds. The van der Waals surface area contributed by atoms with E-state index >= 15 is 0 Å². The van der Waals surface area contributed by atoms with Crippen LogP contribution in [0.5, 0.6) is 0 Å². The van der Waals surface area contributed by atoms with Gasteiger partial charge >= 0.3 is 0 Å². The van der Waals surface area contributed by atoms with Gasteiger partial charge in [0.25, 0.3) is 0 Å². The maximum absolute atomic E-state index is 13.3. The Morgan fingerprint density at radius 3 is 2.20 bits per heavy atom. The Kier molecular flexibility index (Phi) is 7.93. The average Bonchev–Trinajstić information content (AvgIpc) is 2.70. The van der Waals surface area contributed by atoms with E-state index in [4.69, 9.17) is 0 Å². The van der Waals surface area contributed by atoms with Crippen molar-refractivity contribution in [2.75, 3.05) is 23.7 Å². The number of rotatable bonds is 9. The minimum absolute atomic E-state index is 0.138. The summed E-state index contributed by atoms with van der Waals surface area (Å²) in [6, 6.07) is 13.1. The van der Waals surface area contributed by atoms with Gasteiger partial charge in [-0.2, -0.15) is 0 Å². The third-order valence-electron chi connectivity index (χ3n) is 4.51. The smallest absolute Gasteiger partial charge is 0.244 e. The van der Waals surface area contributed by atoms with E-state index in [-0.39, 0.29) is 18.1 Å². The highest BCUT2D eigenvalue weighted by molar-refractivity contribution is 7.92. The zero-order valence-electron chi connectivity index (χ0n) is 17.2. The van der Waals surface area contributed by atoms with E-state index in [1.165, 1.54) is 17.0 Å². The van der Waals surface area contributed by atoms with Crippen LogP contribution >= 0.6 is 0 Å². The van der Waals surface area contributed by atoms with Gasteiger partial charge in [-0.1, -0.05) is 30.3 Å². The molecule has 0 saturated carbocycles. The lowest BCUT2D eigenvalue weighted by Gasteiger charge is -2.31. The van der Waals surface area contributed by atoms with E-state index in [1.807, 2.05) is 30.3 Å². The average molecular weight is 436 g/mol. The lowest BCUT2D eigenvalue weighted by atomic mass is 10.1. The van der Waals surface area contributed by atoms with Gasteiger partial charge in [0.2, 0.25) is 21.8 Å². The highest BCUT2D eigenvalue weighted by atomic mass is 32.2. The van der Waals surface area contributed by atoms with Crippen molar-refractivity contribution in [1.29, 1.82) is 0 Å². The molecule has 30 heavy (non-hydrogen) atoms. The first-order chi connectivity index (χ1) is 14.1. The van der Waals surface area contributed by atoms with Crippen LogP contribution < -0.4 is 9.62 Å². The second-order valence-electron chi connectivity index (χ2n) is 6.82. The lowest BCUT2D eigenvalue weighted by molar-refractivity contribution is -0.139. The summed E-state index contributed by atoms with van der Waals surface area (Å²) in [6.07, 6.45) is 0.971. The molecule has 7 nitrogen and oxygen atoms in total.